The highest BCUT2D eigenvalue weighted by molar-refractivity contribution is 5.07. The quantitative estimate of drug-likeness (QED) is 0.694. The molecule has 1 heterocycles. The van der Waals surface area contributed by atoms with Gasteiger partial charge in [-0.3, -0.25) is 9.69 Å². The van der Waals surface area contributed by atoms with Gasteiger partial charge in [-0.25, -0.2) is 0 Å². The van der Waals surface area contributed by atoms with Crippen LogP contribution in [0.3, 0.4) is 0 Å². The monoisotopic (exact) mass is 196 g/mol. The van der Waals surface area contributed by atoms with Gasteiger partial charge in [0.2, 0.25) is 0 Å². The van der Waals surface area contributed by atoms with E-state index in [1.54, 1.807) is 31.3 Å². The Bertz CT molecular complexity index is 357. The summed E-state index contributed by atoms with van der Waals surface area (Å²) in [7, 11) is 3.54. The van der Waals surface area contributed by atoms with Crippen LogP contribution in [0.1, 0.15) is 5.56 Å². The third-order valence-corrected chi connectivity index (χ3v) is 2.11. The van der Waals surface area contributed by atoms with Gasteiger partial charge in [-0.05, 0) is 32.6 Å². The van der Waals surface area contributed by atoms with E-state index in [2.05, 4.69) is 0 Å². The number of rotatable bonds is 3. The second-order valence-electron chi connectivity index (χ2n) is 3.64. The van der Waals surface area contributed by atoms with Gasteiger partial charge >= 0.3 is 0 Å². The van der Waals surface area contributed by atoms with Crippen LogP contribution in [0.15, 0.2) is 23.1 Å². The van der Waals surface area contributed by atoms with Gasteiger partial charge in [-0.1, -0.05) is 0 Å². The minimum atomic E-state index is -0.629. The van der Waals surface area contributed by atoms with Gasteiger partial charge in [0.1, 0.15) is 6.23 Å². The van der Waals surface area contributed by atoms with Crippen molar-refractivity contribution in [3.05, 3.63) is 34.2 Å². The predicted molar refractivity (Wildman–Crippen MR) is 55.1 cm³/mol. The van der Waals surface area contributed by atoms with E-state index < -0.39 is 6.23 Å². The molecule has 0 amide bonds. The van der Waals surface area contributed by atoms with Crippen LogP contribution >= 0.6 is 0 Å². The van der Waals surface area contributed by atoms with Crippen molar-refractivity contribution in [2.45, 2.75) is 19.7 Å². The summed E-state index contributed by atoms with van der Waals surface area (Å²) in [6.45, 7) is 2.17. The first-order valence-electron chi connectivity index (χ1n) is 4.52. The van der Waals surface area contributed by atoms with Crippen LogP contribution in [0.4, 0.5) is 0 Å². The van der Waals surface area contributed by atoms with Crippen LogP contribution < -0.4 is 5.56 Å². The molecular weight excluding hydrogens is 180 g/mol. The zero-order chi connectivity index (χ0) is 10.7. The van der Waals surface area contributed by atoms with Crippen LogP contribution in [0.5, 0.6) is 0 Å². The molecule has 4 nitrogen and oxygen atoms in total. The number of hydrogen-bond donors (Lipinski definition) is 1. The van der Waals surface area contributed by atoms with Gasteiger partial charge in [-0.2, -0.15) is 0 Å². The molecule has 1 aromatic heterocycles. The first-order valence-corrected chi connectivity index (χ1v) is 4.52. The van der Waals surface area contributed by atoms with Crippen LogP contribution in [0.25, 0.3) is 0 Å². The Balaban J connectivity index is 2.82. The smallest absolute Gasteiger partial charge is 0.250 e. The van der Waals surface area contributed by atoms with Crippen molar-refractivity contribution in [2.75, 3.05) is 14.1 Å². The van der Waals surface area contributed by atoms with Crippen molar-refractivity contribution in [1.29, 1.82) is 0 Å². The summed E-state index contributed by atoms with van der Waals surface area (Å²) >= 11 is 0. The molecule has 0 spiro atoms. The van der Waals surface area contributed by atoms with Crippen molar-refractivity contribution in [1.82, 2.24) is 9.47 Å². The minimum absolute atomic E-state index is 0.0779. The molecule has 0 aromatic carbocycles. The minimum Gasteiger partial charge on any atom is -0.376 e. The first-order chi connectivity index (χ1) is 6.50. The molecule has 78 valence electrons. The van der Waals surface area contributed by atoms with E-state index in [0.29, 0.717) is 6.54 Å². The second kappa shape index (κ2) is 4.39. The normalized spacial score (nSPS) is 13.2. The van der Waals surface area contributed by atoms with Gasteiger partial charge in [-0.15, -0.1) is 0 Å². The summed E-state index contributed by atoms with van der Waals surface area (Å²) in [6.07, 6.45) is 1.07. The zero-order valence-electron chi connectivity index (χ0n) is 8.77. The number of hydrogen-bond acceptors (Lipinski definition) is 3. The average molecular weight is 196 g/mol. The lowest BCUT2D eigenvalue weighted by Crippen LogP contribution is -2.35. The van der Waals surface area contributed by atoms with Crippen molar-refractivity contribution in [2.24, 2.45) is 0 Å². The molecule has 0 saturated carbocycles. The summed E-state index contributed by atoms with van der Waals surface area (Å²) in [5.74, 6) is 0. The Kier molecular flexibility index (Phi) is 3.43. The highest BCUT2D eigenvalue weighted by atomic mass is 16.3. The molecular formula is C10H16N2O2. The zero-order valence-corrected chi connectivity index (χ0v) is 8.77. The van der Waals surface area contributed by atoms with E-state index in [0.717, 1.165) is 5.56 Å². The standard InChI is InChI=1S/C10H16N2O2/c1-8-4-5-12(9(13)6-8)7-10(14)11(2)3/h4-6,10,14H,7H2,1-3H3. The van der Waals surface area contributed by atoms with E-state index in [-0.39, 0.29) is 5.56 Å². The summed E-state index contributed by atoms with van der Waals surface area (Å²) in [4.78, 5) is 13.1. The van der Waals surface area contributed by atoms with E-state index >= 15 is 0 Å². The number of aromatic nitrogens is 1. The van der Waals surface area contributed by atoms with E-state index in [9.17, 15) is 9.90 Å². The first kappa shape index (κ1) is 10.9. The molecule has 1 aromatic rings. The molecule has 1 rings (SSSR count). The molecule has 0 bridgehead atoms. The summed E-state index contributed by atoms with van der Waals surface area (Å²) in [6, 6.07) is 3.41. The largest absolute Gasteiger partial charge is 0.376 e. The average Bonchev–Trinajstić information content (AvgIpc) is 2.09. The van der Waals surface area contributed by atoms with Crippen LogP contribution in [0.2, 0.25) is 0 Å². The van der Waals surface area contributed by atoms with Crippen molar-refractivity contribution in [3.63, 3.8) is 0 Å². The van der Waals surface area contributed by atoms with Crippen molar-refractivity contribution in [3.8, 4) is 0 Å². The van der Waals surface area contributed by atoms with E-state index in [1.807, 2.05) is 13.0 Å². The molecule has 0 aliphatic carbocycles. The van der Waals surface area contributed by atoms with Gasteiger partial charge in [0, 0.05) is 12.3 Å². The lowest BCUT2D eigenvalue weighted by molar-refractivity contribution is 0.0252. The van der Waals surface area contributed by atoms with E-state index in [1.165, 1.54) is 4.57 Å². The fraction of sp³-hybridized carbons (Fsp3) is 0.500. The Morgan fingerprint density at radius 1 is 1.57 bits per heavy atom. The maximum absolute atomic E-state index is 11.4. The van der Waals surface area contributed by atoms with Crippen LogP contribution in [-0.2, 0) is 6.54 Å². The Hall–Kier alpha value is -1.13. The highest BCUT2D eigenvalue weighted by Gasteiger charge is 2.07. The maximum Gasteiger partial charge on any atom is 0.250 e. The SMILES string of the molecule is Cc1ccn(CC(O)N(C)C)c(=O)c1. The molecule has 4 heteroatoms. The fourth-order valence-electron chi connectivity index (χ4n) is 1.10. The van der Waals surface area contributed by atoms with Gasteiger partial charge in [0.05, 0.1) is 6.54 Å². The molecule has 14 heavy (non-hydrogen) atoms. The second-order valence-corrected chi connectivity index (χ2v) is 3.64. The lowest BCUT2D eigenvalue weighted by atomic mass is 10.3. The topological polar surface area (TPSA) is 45.5 Å². The number of aryl methyl sites for hydroxylation is 1. The molecule has 0 aliphatic heterocycles. The third kappa shape index (κ3) is 2.68. The number of aliphatic hydroxyl groups excluding tert-OH is 1. The number of pyridine rings is 1. The Morgan fingerprint density at radius 3 is 2.71 bits per heavy atom. The molecule has 0 radical (unpaired) electrons. The number of likely N-dealkylation sites (N-methyl/N-ethyl adjacent to an activating group) is 1. The van der Waals surface area contributed by atoms with Gasteiger partial charge in [0.15, 0.2) is 0 Å². The molecule has 0 fully saturated rings. The van der Waals surface area contributed by atoms with Crippen molar-refractivity contribution >= 4 is 0 Å². The number of aliphatic hydroxyl groups is 1. The van der Waals surface area contributed by atoms with Crippen LogP contribution in [0, 0.1) is 6.92 Å². The lowest BCUT2D eigenvalue weighted by Gasteiger charge is -2.19. The fourth-order valence-corrected chi connectivity index (χ4v) is 1.10. The molecule has 1 N–H and O–H groups in total. The molecule has 1 unspecified atom stereocenters. The third-order valence-electron chi connectivity index (χ3n) is 2.11. The molecule has 0 aliphatic rings. The Labute approximate surface area is 83.4 Å². The van der Waals surface area contributed by atoms with Crippen LogP contribution in [-0.4, -0.2) is 34.9 Å². The molecule has 0 saturated heterocycles. The highest BCUT2D eigenvalue weighted by Crippen LogP contribution is 1.95. The predicted octanol–water partition coefficient (Wildman–Crippen LogP) is 0.0367. The van der Waals surface area contributed by atoms with Gasteiger partial charge < -0.3 is 9.67 Å². The summed E-state index contributed by atoms with van der Waals surface area (Å²) < 4.78 is 1.50. The summed E-state index contributed by atoms with van der Waals surface area (Å²) in [5.41, 5.74) is 0.858. The number of nitrogens with zero attached hydrogens (tertiary/aromatic N) is 2. The molecule has 1 atom stereocenters. The Morgan fingerprint density at radius 2 is 2.21 bits per heavy atom. The van der Waals surface area contributed by atoms with Crippen molar-refractivity contribution < 1.29 is 5.11 Å². The van der Waals surface area contributed by atoms with E-state index in [4.69, 9.17) is 0 Å². The maximum atomic E-state index is 11.4. The van der Waals surface area contributed by atoms with Gasteiger partial charge in [0.25, 0.3) is 5.56 Å². The summed E-state index contributed by atoms with van der Waals surface area (Å²) in [5, 5.41) is 9.54.